The van der Waals surface area contributed by atoms with Gasteiger partial charge in [0.15, 0.2) is 6.61 Å². The van der Waals surface area contributed by atoms with Gasteiger partial charge in [-0.3, -0.25) is 9.59 Å². The standard InChI is InChI=1S/C26H36N2O3/c1-7-19(2)27-25(30)20(3)28(17-21-11-9-8-10-12-21)24(29)18-31-23-15-13-22(14-16-23)26(4,5)6/h8-16,19-20H,7,17-18H2,1-6H3,(H,27,30). The van der Waals surface area contributed by atoms with Gasteiger partial charge in [0.2, 0.25) is 5.91 Å². The zero-order chi connectivity index (χ0) is 23.0. The highest BCUT2D eigenvalue weighted by Crippen LogP contribution is 2.24. The minimum atomic E-state index is -0.603. The third kappa shape index (κ3) is 7.42. The van der Waals surface area contributed by atoms with Gasteiger partial charge in [-0.2, -0.15) is 0 Å². The summed E-state index contributed by atoms with van der Waals surface area (Å²) in [5, 5.41) is 2.97. The van der Waals surface area contributed by atoms with Crippen LogP contribution >= 0.6 is 0 Å². The first-order valence-electron chi connectivity index (χ1n) is 11.0. The molecule has 2 aromatic rings. The molecule has 31 heavy (non-hydrogen) atoms. The van der Waals surface area contributed by atoms with Gasteiger partial charge in [0, 0.05) is 12.6 Å². The van der Waals surface area contributed by atoms with Crippen LogP contribution in [0.25, 0.3) is 0 Å². The van der Waals surface area contributed by atoms with E-state index in [1.54, 1.807) is 11.8 Å². The van der Waals surface area contributed by atoms with E-state index in [2.05, 4.69) is 26.1 Å². The number of nitrogens with one attached hydrogen (secondary N) is 1. The lowest BCUT2D eigenvalue weighted by Gasteiger charge is -2.29. The Hall–Kier alpha value is -2.82. The van der Waals surface area contributed by atoms with E-state index in [0.717, 1.165) is 12.0 Å². The third-order valence-electron chi connectivity index (χ3n) is 5.45. The lowest BCUT2D eigenvalue weighted by molar-refractivity contribution is -0.142. The number of rotatable bonds is 9. The summed E-state index contributed by atoms with van der Waals surface area (Å²) in [6, 6.07) is 16.9. The molecule has 2 rings (SSSR count). The smallest absolute Gasteiger partial charge is 0.261 e. The number of hydrogen-bond donors (Lipinski definition) is 1. The molecule has 2 atom stereocenters. The highest BCUT2D eigenvalue weighted by atomic mass is 16.5. The Labute approximate surface area is 186 Å². The summed E-state index contributed by atoms with van der Waals surface area (Å²) >= 11 is 0. The SMILES string of the molecule is CCC(C)NC(=O)C(C)N(Cc1ccccc1)C(=O)COc1ccc(C(C)(C)C)cc1. The number of hydrogen-bond acceptors (Lipinski definition) is 3. The number of carbonyl (C=O) groups excluding carboxylic acids is 2. The first-order chi connectivity index (χ1) is 14.6. The number of ether oxygens (including phenoxy) is 1. The van der Waals surface area contributed by atoms with Crippen LogP contribution in [0, 0.1) is 0 Å². The molecule has 2 amide bonds. The molecule has 0 aromatic heterocycles. The van der Waals surface area contributed by atoms with Crippen LogP contribution in [0.5, 0.6) is 5.75 Å². The summed E-state index contributed by atoms with van der Waals surface area (Å²) in [7, 11) is 0. The van der Waals surface area contributed by atoms with E-state index in [1.807, 2.05) is 68.4 Å². The average Bonchev–Trinajstić information content (AvgIpc) is 2.75. The van der Waals surface area contributed by atoms with E-state index in [9.17, 15) is 9.59 Å². The van der Waals surface area contributed by atoms with Crippen LogP contribution in [0.3, 0.4) is 0 Å². The van der Waals surface area contributed by atoms with Crippen molar-refractivity contribution in [2.24, 2.45) is 0 Å². The van der Waals surface area contributed by atoms with Gasteiger partial charge in [-0.15, -0.1) is 0 Å². The summed E-state index contributed by atoms with van der Waals surface area (Å²) in [5.74, 6) is 0.251. The average molecular weight is 425 g/mol. The van der Waals surface area contributed by atoms with E-state index in [-0.39, 0.29) is 29.9 Å². The van der Waals surface area contributed by atoms with E-state index in [1.165, 1.54) is 5.56 Å². The van der Waals surface area contributed by atoms with E-state index >= 15 is 0 Å². The van der Waals surface area contributed by atoms with Crippen molar-refractivity contribution in [2.45, 2.75) is 72.0 Å². The fourth-order valence-electron chi connectivity index (χ4n) is 3.11. The van der Waals surface area contributed by atoms with Crippen molar-refractivity contribution in [3.63, 3.8) is 0 Å². The second-order valence-electron chi connectivity index (χ2n) is 9.06. The minimum Gasteiger partial charge on any atom is -0.484 e. The Morgan fingerprint density at radius 1 is 1.00 bits per heavy atom. The first-order valence-corrected chi connectivity index (χ1v) is 11.0. The van der Waals surface area contributed by atoms with Crippen molar-refractivity contribution < 1.29 is 14.3 Å². The third-order valence-corrected chi connectivity index (χ3v) is 5.45. The predicted molar refractivity (Wildman–Crippen MR) is 125 cm³/mol. The Balaban J connectivity index is 2.10. The van der Waals surface area contributed by atoms with Crippen LogP contribution in [0.4, 0.5) is 0 Å². The second-order valence-corrected chi connectivity index (χ2v) is 9.06. The van der Waals surface area contributed by atoms with Gasteiger partial charge < -0.3 is 15.0 Å². The molecule has 0 fully saturated rings. The Morgan fingerprint density at radius 3 is 2.16 bits per heavy atom. The monoisotopic (exact) mass is 424 g/mol. The largest absolute Gasteiger partial charge is 0.484 e. The molecule has 2 aromatic carbocycles. The molecule has 0 radical (unpaired) electrons. The molecular formula is C26H36N2O3. The van der Waals surface area contributed by atoms with Crippen molar-refractivity contribution >= 4 is 11.8 Å². The van der Waals surface area contributed by atoms with Crippen LogP contribution in [0.15, 0.2) is 54.6 Å². The summed E-state index contributed by atoms with van der Waals surface area (Å²) in [5.41, 5.74) is 2.22. The Morgan fingerprint density at radius 2 is 1.61 bits per heavy atom. The Bertz CT molecular complexity index is 841. The molecule has 0 aliphatic rings. The molecule has 0 aliphatic heterocycles. The van der Waals surface area contributed by atoms with Crippen molar-refractivity contribution in [2.75, 3.05) is 6.61 Å². The molecule has 0 saturated heterocycles. The van der Waals surface area contributed by atoms with Gasteiger partial charge in [-0.1, -0.05) is 70.2 Å². The highest BCUT2D eigenvalue weighted by molar-refractivity contribution is 5.88. The van der Waals surface area contributed by atoms with Crippen LogP contribution in [-0.4, -0.2) is 35.4 Å². The quantitative estimate of drug-likeness (QED) is 0.635. The molecule has 0 saturated carbocycles. The fourth-order valence-corrected chi connectivity index (χ4v) is 3.11. The van der Waals surface area contributed by atoms with Gasteiger partial charge in [0.05, 0.1) is 0 Å². The molecule has 2 unspecified atom stereocenters. The van der Waals surface area contributed by atoms with Crippen LogP contribution in [0.1, 0.15) is 59.1 Å². The van der Waals surface area contributed by atoms with Crippen molar-refractivity contribution in [1.29, 1.82) is 0 Å². The van der Waals surface area contributed by atoms with Crippen LogP contribution in [-0.2, 0) is 21.5 Å². The molecule has 0 bridgehead atoms. The first kappa shape index (κ1) is 24.4. The van der Waals surface area contributed by atoms with Gasteiger partial charge >= 0.3 is 0 Å². The van der Waals surface area contributed by atoms with Crippen molar-refractivity contribution in [3.8, 4) is 5.75 Å². The summed E-state index contributed by atoms with van der Waals surface area (Å²) in [4.78, 5) is 27.4. The molecule has 0 heterocycles. The Kier molecular flexibility index (Phi) is 8.66. The van der Waals surface area contributed by atoms with Gasteiger partial charge in [0.25, 0.3) is 5.91 Å². The van der Waals surface area contributed by atoms with Gasteiger partial charge in [0.1, 0.15) is 11.8 Å². The predicted octanol–water partition coefficient (Wildman–Crippen LogP) is 4.69. The molecule has 0 spiro atoms. The topological polar surface area (TPSA) is 58.6 Å². The normalized spacial score (nSPS) is 13.2. The lowest BCUT2D eigenvalue weighted by atomic mass is 9.87. The van der Waals surface area contributed by atoms with Crippen molar-refractivity contribution in [1.82, 2.24) is 10.2 Å². The summed E-state index contributed by atoms with van der Waals surface area (Å²) in [6.45, 7) is 12.4. The molecule has 5 heteroatoms. The maximum Gasteiger partial charge on any atom is 0.261 e. The van der Waals surface area contributed by atoms with Crippen LogP contribution < -0.4 is 10.1 Å². The second kappa shape index (κ2) is 11.0. The summed E-state index contributed by atoms with van der Waals surface area (Å²) < 4.78 is 5.76. The number of benzene rings is 2. The number of nitrogens with zero attached hydrogens (tertiary/aromatic N) is 1. The van der Waals surface area contributed by atoms with E-state index in [4.69, 9.17) is 4.74 Å². The van der Waals surface area contributed by atoms with E-state index < -0.39 is 6.04 Å². The number of amides is 2. The van der Waals surface area contributed by atoms with Crippen LogP contribution in [0.2, 0.25) is 0 Å². The molecule has 5 nitrogen and oxygen atoms in total. The highest BCUT2D eigenvalue weighted by Gasteiger charge is 2.27. The zero-order valence-corrected chi connectivity index (χ0v) is 19.6. The maximum atomic E-state index is 13.1. The molecule has 1 N–H and O–H groups in total. The van der Waals surface area contributed by atoms with Gasteiger partial charge in [-0.05, 0) is 48.9 Å². The lowest BCUT2D eigenvalue weighted by Crippen LogP contribution is -2.50. The number of carbonyl (C=O) groups is 2. The molecule has 0 aliphatic carbocycles. The van der Waals surface area contributed by atoms with Gasteiger partial charge in [-0.25, -0.2) is 0 Å². The summed E-state index contributed by atoms with van der Waals surface area (Å²) in [6.07, 6.45) is 0.832. The zero-order valence-electron chi connectivity index (χ0n) is 19.6. The van der Waals surface area contributed by atoms with Crippen molar-refractivity contribution in [3.05, 3.63) is 65.7 Å². The fraction of sp³-hybridized carbons (Fsp3) is 0.462. The molecular weight excluding hydrogens is 388 g/mol. The maximum absolute atomic E-state index is 13.1. The minimum absolute atomic E-state index is 0.0548. The van der Waals surface area contributed by atoms with E-state index in [0.29, 0.717) is 12.3 Å². The molecule has 168 valence electrons.